The van der Waals surface area contributed by atoms with E-state index in [1.54, 1.807) is 7.05 Å². The van der Waals surface area contributed by atoms with Gasteiger partial charge in [0.1, 0.15) is 5.76 Å². The summed E-state index contributed by atoms with van der Waals surface area (Å²) in [6.45, 7) is 5.46. The predicted molar refractivity (Wildman–Crippen MR) is 92.5 cm³/mol. The average Bonchev–Trinajstić information content (AvgIpc) is 3.09. The first-order valence-electron chi connectivity index (χ1n) is 7.60. The zero-order valence-electron chi connectivity index (χ0n) is 14.2. The Hall–Kier alpha value is -1.21. The maximum atomic E-state index is 5.19. The van der Waals surface area contributed by atoms with Gasteiger partial charge in [-0.25, -0.2) is 0 Å². The SMILES string of the molecule is CN=C(NCc1c(C)noc1C)NCC1(N(C)C)CCSC1. The summed E-state index contributed by atoms with van der Waals surface area (Å²) in [7, 11) is 6.12. The molecule has 1 aliphatic heterocycles. The van der Waals surface area contributed by atoms with Crippen LogP contribution in [-0.2, 0) is 6.54 Å². The van der Waals surface area contributed by atoms with Crippen molar-refractivity contribution in [3.63, 3.8) is 0 Å². The first kappa shape index (κ1) is 17.1. The molecule has 1 aromatic heterocycles. The fraction of sp³-hybridized carbons (Fsp3) is 0.733. The molecule has 22 heavy (non-hydrogen) atoms. The summed E-state index contributed by atoms with van der Waals surface area (Å²) in [5.41, 5.74) is 2.24. The molecule has 1 unspecified atom stereocenters. The van der Waals surface area contributed by atoms with Crippen molar-refractivity contribution >= 4 is 17.7 Å². The van der Waals surface area contributed by atoms with Gasteiger partial charge in [0, 0.05) is 37.0 Å². The molecule has 124 valence electrons. The number of likely N-dealkylation sites (N-methyl/N-ethyl adjacent to an activating group) is 1. The van der Waals surface area contributed by atoms with Crippen molar-refractivity contribution in [1.29, 1.82) is 0 Å². The Kier molecular flexibility index (Phi) is 5.74. The van der Waals surface area contributed by atoms with Crippen molar-refractivity contribution in [2.45, 2.75) is 32.4 Å². The Morgan fingerprint density at radius 1 is 1.41 bits per heavy atom. The van der Waals surface area contributed by atoms with Crippen molar-refractivity contribution in [1.82, 2.24) is 20.7 Å². The molecule has 0 aromatic carbocycles. The fourth-order valence-corrected chi connectivity index (χ4v) is 4.20. The Labute approximate surface area is 137 Å². The van der Waals surface area contributed by atoms with Crippen LogP contribution in [0.5, 0.6) is 0 Å². The fourth-order valence-electron chi connectivity index (χ4n) is 2.64. The minimum atomic E-state index is 0.214. The number of aromatic nitrogens is 1. The van der Waals surface area contributed by atoms with Crippen LogP contribution in [0, 0.1) is 13.8 Å². The van der Waals surface area contributed by atoms with Crippen LogP contribution >= 0.6 is 11.8 Å². The first-order valence-corrected chi connectivity index (χ1v) is 8.75. The van der Waals surface area contributed by atoms with Crippen molar-refractivity contribution in [2.24, 2.45) is 4.99 Å². The summed E-state index contributed by atoms with van der Waals surface area (Å²) in [5, 5.41) is 10.8. The van der Waals surface area contributed by atoms with Crippen molar-refractivity contribution in [3.8, 4) is 0 Å². The lowest BCUT2D eigenvalue weighted by molar-refractivity contribution is 0.183. The number of rotatable bonds is 5. The molecule has 0 aliphatic carbocycles. The van der Waals surface area contributed by atoms with E-state index < -0.39 is 0 Å². The van der Waals surface area contributed by atoms with E-state index in [-0.39, 0.29) is 5.54 Å². The first-order chi connectivity index (χ1) is 10.5. The third-order valence-corrected chi connectivity index (χ3v) is 5.69. The van der Waals surface area contributed by atoms with E-state index >= 15 is 0 Å². The van der Waals surface area contributed by atoms with Crippen LogP contribution < -0.4 is 10.6 Å². The summed E-state index contributed by atoms with van der Waals surface area (Å²) in [5.74, 6) is 4.06. The molecular weight excluding hydrogens is 298 g/mol. The molecule has 2 N–H and O–H groups in total. The number of nitrogens with zero attached hydrogens (tertiary/aromatic N) is 3. The smallest absolute Gasteiger partial charge is 0.191 e. The van der Waals surface area contributed by atoms with E-state index in [1.165, 1.54) is 12.2 Å². The lowest BCUT2D eigenvalue weighted by atomic mass is 9.97. The van der Waals surface area contributed by atoms with Gasteiger partial charge in [-0.2, -0.15) is 11.8 Å². The van der Waals surface area contributed by atoms with E-state index in [0.717, 1.165) is 35.3 Å². The number of guanidine groups is 1. The number of hydrogen-bond donors (Lipinski definition) is 2. The van der Waals surface area contributed by atoms with Crippen LogP contribution in [-0.4, -0.2) is 60.7 Å². The zero-order valence-corrected chi connectivity index (χ0v) is 15.0. The highest BCUT2D eigenvalue weighted by atomic mass is 32.2. The van der Waals surface area contributed by atoms with Crippen molar-refractivity contribution in [2.75, 3.05) is 39.2 Å². The van der Waals surface area contributed by atoms with Gasteiger partial charge in [-0.15, -0.1) is 0 Å². The summed E-state index contributed by atoms with van der Waals surface area (Å²) in [4.78, 5) is 6.65. The second-order valence-electron chi connectivity index (χ2n) is 6.00. The molecule has 0 spiro atoms. The maximum absolute atomic E-state index is 5.19. The quantitative estimate of drug-likeness (QED) is 0.630. The van der Waals surface area contributed by atoms with Gasteiger partial charge in [-0.1, -0.05) is 5.16 Å². The number of aliphatic imine (C=N–C) groups is 1. The number of aryl methyl sites for hydroxylation is 2. The lowest BCUT2D eigenvalue weighted by Gasteiger charge is -2.36. The molecule has 6 nitrogen and oxygen atoms in total. The Morgan fingerprint density at radius 3 is 2.68 bits per heavy atom. The molecule has 1 aliphatic rings. The van der Waals surface area contributed by atoms with Gasteiger partial charge in [0.25, 0.3) is 0 Å². The van der Waals surface area contributed by atoms with Crippen molar-refractivity contribution in [3.05, 3.63) is 17.0 Å². The normalized spacial score (nSPS) is 22.4. The van der Waals surface area contributed by atoms with Gasteiger partial charge < -0.3 is 20.1 Å². The Balaban J connectivity index is 1.90. The molecule has 0 radical (unpaired) electrons. The second kappa shape index (κ2) is 7.37. The minimum Gasteiger partial charge on any atom is -0.361 e. The molecule has 1 atom stereocenters. The topological polar surface area (TPSA) is 65.7 Å². The Morgan fingerprint density at radius 2 is 2.18 bits per heavy atom. The molecule has 1 fully saturated rings. The Bertz CT molecular complexity index is 501. The highest BCUT2D eigenvalue weighted by Gasteiger charge is 2.36. The number of thioether (sulfide) groups is 1. The highest BCUT2D eigenvalue weighted by Crippen LogP contribution is 2.31. The molecule has 0 bridgehead atoms. The number of nitrogens with one attached hydrogen (secondary N) is 2. The summed E-state index contributed by atoms with van der Waals surface area (Å²) >= 11 is 2.02. The van der Waals surface area contributed by atoms with E-state index in [1.807, 2.05) is 25.6 Å². The van der Waals surface area contributed by atoms with Gasteiger partial charge in [0.15, 0.2) is 5.96 Å². The van der Waals surface area contributed by atoms with Crippen LogP contribution in [0.1, 0.15) is 23.4 Å². The lowest BCUT2D eigenvalue weighted by Crippen LogP contribution is -2.54. The van der Waals surface area contributed by atoms with Gasteiger partial charge in [0.2, 0.25) is 0 Å². The molecule has 0 saturated carbocycles. The number of hydrogen-bond acceptors (Lipinski definition) is 5. The van der Waals surface area contributed by atoms with Gasteiger partial charge in [-0.3, -0.25) is 4.99 Å². The average molecular weight is 325 g/mol. The van der Waals surface area contributed by atoms with E-state index in [2.05, 4.69) is 39.8 Å². The molecule has 1 aromatic rings. The van der Waals surface area contributed by atoms with Gasteiger partial charge in [-0.05, 0) is 40.1 Å². The molecule has 2 rings (SSSR count). The standard InChI is InChI=1S/C15H27N5OS/c1-11-13(12(2)21-19-11)8-17-14(16-3)18-9-15(20(4)5)6-7-22-10-15/h6-10H2,1-5H3,(H2,16,17,18). The van der Waals surface area contributed by atoms with Gasteiger partial charge in [0.05, 0.1) is 5.69 Å². The molecular formula is C15H27N5OS. The van der Waals surface area contributed by atoms with E-state index in [9.17, 15) is 0 Å². The van der Waals surface area contributed by atoms with Crippen LogP contribution in [0.15, 0.2) is 9.52 Å². The molecule has 7 heteroatoms. The van der Waals surface area contributed by atoms with E-state index in [4.69, 9.17) is 4.52 Å². The molecule has 1 saturated heterocycles. The van der Waals surface area contributed by atoms with Crippen LogP contribution in [0.3, 0.4) is 0 Å². The minimum absolute atomic E-state index is 0.214. The predicted octanol–water partition coefficient (Wildman–Crippen LogP) is 1.39. The van der Waals surface area contributed by atoms with Crippen LogP contribution in [0.2, 0.25) is 0 Å². The molecule has 2 heterocycles. The maximum Gasteiger partial charge on any atom is 0.191 e. The van der Waals surface area contributed by atoms with Crippen molar-refractivity contribution < 1.29 is 4.52 Å². The van der Waals surface area contributed by atoms with E-state index in [0.29, 0.717) is 6.54 Å². The van der Waals surface area contributed by atoms with Gasteiger partial charge >= 0.3 is 0 Å². The monoisotopic (exact) mass is 325 g/mol. The highest BCUT2D eigenvalue weighted by molar-refractivity contribution is 7.99. The molecule has 0 amide bonds. The third kappa shape index (κ3) is 3.76. The summed E-state index contributed by atoms with van der Waals surface area (Å²) in [6.07, 6.45) is 1.21. The van der Waals surface area contributed by atoms with Crippen LogP contribution in [0.25, 0.3) is 0 Å². The summed E-state index contributed by atoms with van der Waals surface area (Å²) < 4.78 is 5.19. The second-order valence-corrected chi connectivity index (χ2v) is 7.11. The van der Waals surface area contributed by atoms with Crippen LogP contribution in [0.4, 0.5) is 0 Å². The third-order valence-electron chi connectivity index (χ3n) is 4.45. The zero-order chi connectivity index (χ0) is 16.2. The summed E-state index contributed by atoms with van der Waals surface area (Å²) in [6, 6.07) is 0. The largest absolute Gasteiger partial charge is 0.361 e.